The van der Waals surface area contributed by atoms with Crippen molar-refractivity contribution in [1.29, 1.82) is 0 Å². The molecule has 1 aromatic rings. The average Bonchev–Trinajstić information content (AvgIpc) is 2.81. The molecule has 34 heavy (non-hydrogen) atoms. The summed E-state index contributed by atoms with van der Waals surface area (Å²) in [5.41, 5.74) is 0. The Labute approximate surface area is 218 Å². The molecule has 0 aliphatic heterocycles. The van der Waals surface area contributed by atoms with Crippen LogP contribution in [-0.2, 0) is 4.43 Å². The maximum absolute atomic E-state index is 6.19. The van der Waals surface area contributed by atoms with Crippen molar-refractivity contribution in [2.24, 2.45) is 0 Å². The van der Waals surface area contributed by atoms with Crippen molar-refractivity contribution in [3.05, 3.63) is 29.3 Å². The van der Waals surface area contributed by atoms with Crippen LogP contribution in [0.4, 0.5) is 0 Å². The second-order valence-corrected chi connectivity index (χ2v) is 14.2. The van der Waals surface area contributed by atoms with Gasteiger partial charge in [-0.25, -0.2) is 0 Å². The molecule has 0 aliphatic carbocycles. The zero-order chi connectivity index (χ0) is 24.7. The van der Waals surface area contributed by atoms with E-state index in [9.17, 15) is 0 Å². The molecular weight excluding hydrogens is 456 g/mol. The molecule has 0 spiro atoms. The highest BCUT2D eigenvalue weighted by Gasteiger charge is 2.27. The minimum Gasteiger partial charge on any atom is -0.519 e. The Bertz CT molecular complexity index is 579. The summed E-state index contributed by atoms with van der Waals surface area (Å²) in [6.07, 6.45) is 28.2. The second kappa shape index (κ2) is 21.7. The smallest absolute Gasteiger partial charge is 0.392 e. The highest BCUT2D eigenvalue weighted by atomic mass is 35.5. The molecule has 0 aliphatic rings. The van der Waals surface area contributed by atoms with Gasteiger partial charge < -0.3 is 8.85 Å². The molecule has 0 heterocycles. The highest BCUT2D eigenvalue weighted by Crippen LogP contribution is 2.26. The monoisotopic (exact) mass is 510 g/mol. The summed E-state index contributed by atoms with van der Waals surface area (Å²) in [6.45, 7) is 7.27. The summed E-state index contributed by atoms with van der Waals surface area (Å²) in [5, 5.41) is 0.658. The topological polar surface area (TPSA) is 18.5 Å². The van der Waals surface area contributed by atoms with E-state index in [1.54, 1.807) is 0 Å². The Morgan fingerprint density at radius 3 is 1.38 bits per heavy atom. The van der Waals surface area contributed by atoms with Crippen molar-refractivity contribution >= 4 is 20.2 Å². The van der Waals surface area contributed by atoms with Gasteiger partial charge in [-0.05, 0) is 31.6 Å². The Morgan fingerprint density at radius 1 is 0.588 bits per heavy atom. The van der Waals surface area contributed by atoms with E-state index < -0.39 is 8.56 Å². The molecule has 0 aromatic heterocycles. The molecule has 0 bridgehead atoms. The number of halogens is 1. The SMILES string of the molecule is CCCCCCCCCCCCCCCCCCCCCCO[Si](C)(C)Oc1ccccc1Cl. The largest absolute Gasteiger partial charge is 0.519 e. The summed E-state index contributed by atoms with van der Waals surface area (Å²) in [7, 11) is -2.18. The maximum Gasteiger partial charge on any atom is 0.392 e. The van der Waals surface area contributed by atoms with Crippen LogP contribution in [0, 0.1) is 0 Å². The number of unbranched alkanes of at least 4 members (excludes halogenated alkanes) is 19. The van der Waals surface area contributed by atoms with Gasteiger partial charge in [-0.2, -0.15) is 0 Å². The second-order valence-electron chi connectivity index (χ2n) is 10.5. The van der Waals surface area contributed by atoms with E-state index in [0.29, 0.717) is 5.02 Å². The van der Waals surface area contributed by atoms with E-state index in [2.05, 4.69) is 20.0 Å². The molecule has 2 nitrogen and oxygen atoms in total. The van der Waals surface area contributed by atoms with Gasteiger partial charge in [-0.1, -0.05) is 153 Å². The van der Waals surface area contributed by atoms with Crippen LogP contribution in [-0.4, -0.2) is 15.2 Å². The van der Waals surface area contributed by atoms with E-state index in [1.165, 1.54) is 122 Å². The molecule has 4 heteroatoms. The predicted molar refractivity (Wildman–Crippen MR) is 154 cm³/mol. The fraction of sp³-hybridized carbons (Fsp3) is 0.800. The van der Waals surface area contributed by atoms with Crippen molar-refractivity contribution in [3.8, 4) is 5.75 Å². The standard InChI is InChI=1S/C30H55ClO2Si/c1-4-5-6-7-8-9-10-11-12-13-14-15-16-17-18-19-20-21-22-25-28-32-34(2,3)33-30-27-24-23-26-29(30)31/h23-24,26-27H,4-22,25,28H2,1-3H3. The van der Waals surface area contributed by atoms with Crippen LogP contribution in [0.25, 0.3) is 0 Å². The van der Waals surface area contributed by atoms with Crippen molar-refractivity contribution in [1.82, 2.24) is 0 Å². The molecule has 0 unspecified atom stereocenters. The number of hydrogen-bond acceptors (Lipinski definition) is 2. The predicted octanol–water partition coefficient (Wildman–Crippen LogP) is 11.3. The van der Waals surface area contributed by atoms with E-state index in [1.807, 2.05) is 24.3 Å². The lowest BCUT2D eigenvalue weighted by Crippen LogP contribution is -2.38. The summed E-state index contributed by atoms with van der Waals surface area (Å²) in [4.78, 5) is 0. The zero-order valence-electron chi connectivity index (χ0n) is 22.9. The van der Waals surface area contributed by atoms with Crippen LogP contribution < -0.4 is 4.43 Å². The van der Waals surface area contributed by atoms with Gasteiger partial charge in [0.1, 0.15) is 5.75 Å². The minimum absolute atomic E-state index is 0.658. The van der Waals surface area contributed by atoms with Gasteiger partial charge in [0, 0.05) is 6.61 Å². The van der Waals surface area contributed by atoms with Crippen molar-refractivity contribution in [2.45, 2.75) is 148 Å². The summed E-state index contributed by atoms with van der Waals surface area (Å²) < 4.78 is 12.1. The third-order valence-corrected chi connectivity index (χ3v) is 8.56. The quantitative estimate of drug-likeness (QED) is 0.102. The van der Waals surface area contributed by atoms with Gasteiger partial charge in [0.2, 0.25) is 0 Å². The summed E-state index contributed by atoms with van der Waals surface area (Å²) >= 11 is 6.19. The summed E-state index contributed by atoms with van der Waals surface area (Å²) in [5.74, 6) is 0.740. The first kappa shape index (κ1) is 31.5. The van der Waals surface area contributed by atoms with E-state index in [0.717, 1.165) is 18.8 Å². The highest BCUT2D eigenvalue weighted by molar-refractivity contribution is 6.65. The molecule has 1 aromatic carbocycles. The fourth-order valence-corrected chi connectivity index (χ4v) is 6.14. The molecule has 0 saturated heterocycles. The van der Waals surface area contributed by atoms with Gasteiger partial charge >= 0.3 is 8.56 Å². The summed E-state index contributed by atoms with van der Waals surface area (Å²) in [6, 6.07) is 7.65. The van der Waals surface area contributed by atoms with E-state index >= 15 is 0 Å². The van der Waals surface area contributed by atoms with Crippen molar-refractivity contribution in [2.75, 3.05) is 6.61 Å². The number of rotatable bonds is 24. The third kappa shape index (κ3) is 18.8. The Hall–Kier alpha value is -0.513. The van der Waals surface area contributed by atoms with Crippen LogP contribution in [0.5, 0.6) is 5.75 Å². The Morgan fingerprint density at radius 2 is 0.971 bits per heavy atom. The molecule has 0 atom stereocenters. The van der Waals surface area contributed by atoms with Gasteiger partial charge in [-0.15, -0.1) is 0 Å². The number of para-hydroxylation sites is 1. The molecule has 0 N–H and O–H groups in total. The van der Waals surface area contributed by atoms with Gasteiger partial charge in [0.15, 0.2) is 0 Å². The van der Waals surface area contributed by atoms with Gasteiger partial charge in [-0.3, -0.25) is 0 Å². The molecule has 0 amide bonds. The van der Waals surface area contributed by atoms with Crippen molar-refractivity contribution in [3.63, 3.8) is 0 Å². The molecule has 1 rings (SSSR count). The van der Waals surface area contributed by atoms with E-state index in [4.69, 9.17) is 20.5 Å². The number of hydrogen-bond donors (Lipinski definition) is 0. The number of benzene rings is 1. The lowest BCUT2D eigenvalue weighted by atomic mass is 10.0. The van der Waals surface area contributed by atoms with Crippen LogP contribution in [0.1, 0.15) is 135 Å². The lowest BCUT2D eigenvalue weighted by molar-refractivity contribution is 0.241. The van der Waals surface area contributed by atoms with Crippen LogP contribution in [0.15, 0.2) is 24.3 Å². The zero-order valence-corrected chi connectivity index (χ0v) is 24.6. The molecule has 0 radical (unpaired) electrons. The first-order valence-corrected chi connectivity index (χ1v) is 17.8. The normalized spacial score (nSPS) is 11.8. The molecule has 198 valence electrons. The Balaban J connectivity index is 1.79. The minimum atomic E-state index is -2.18. The van der Waals surface area contributed by atoms with Gasteiger partial charge in [0.05, 0.1) is 5.02 Å². The lowest BCUT2D eigenvalue weighted by Gasteiger charge is -2.24. The molecular formula is C30H55ClO2Si. The van der Waals surface area contributed by atoms with Crippen LogP contribution in [0.2, 0.25) is 18.1 Å². The average molecular weight is 511 g/mol. The van der Waals surface area contributed by atoms with Gasteiger partial charge in [0.25, 0.3) is 0 Å². The Kier molecular flexibility index (Phi) is 20.2. The molecule has 0 fully saturated rings. The fourth-order valence-electron chi connectivity index (χ4n) is 4.50. The van der Waals surface area contributed by atoms with E-state index in [-0.39, 0.29) is 0 Å². The molecule has 0 saturated carbocycles. The van der Waals surface area contributed by atoms with Crippen LogP contribution >= 0.6 is 11.6 Å². The maximum atomic E-state index is 6.19. The first-order valence-electron chi connectivity index (χ1n) is 14.6. The third-order valence-electron chi connectivity index (χ3n) is 6.64. The first-order chi connectivity index (χ1) is 16.5. The van der Waals surface area contributed by atoms with Crippen molar-refractivity contribution < 1.29 is 8.85 Å². The van der Waals surface area contributed by atoms with Crippen LogP contribution in [0.3, 0.4) is 0 Å².